The summed E-state index contributed by atoms with van der Waals surface area (Å²) >= 11 is 0. The molecule has 0 radical (unpaired) electrons. The molecule has 0 aromatic carbocycles. The Bertz CT molecular complexity index is 136. The lowest BCUT2D eigenvalue weighted by molar-refractivity contribution is 0.121. The van der Waals surface area contributed by atoms with Gasteiger partial charge in [-0.25, -0.2) is 0 Å². The number of aliphatic hydroxyl groups is 1. The maximum absolute atomic E-state index is 9.12. The average molecular weight is 171 g/mol. The fourth-order valence-corrected chi connectivity index (χ4v) is 1.92. The van der Waals surface area contributed by atoms with Crippen LogP contribution in [0.25, 0.3) is 0 Å². The van der Waals surface area contributed by atoms with Gasteiger partial charge in [-0.1, -0.05) is 13.8 Å². The highest BCUT2D eigenvalue weighted by molar-refractivity contribution is 4.83. The standard InChI is InChI=1S/C10H21NO/c1-7(2)9-4-10(6-12)8(3)11-5-9/h7-12H,4-6H2,1-3H3. The van der Waals surface area contributed by atoms with E-state index in [-0.39, 0.29) is 0 Å². The Hall–Kier alpha value is -0.0800. The number of nitrogens with one attached hydrogen (secondary N) is 1. The lowest BCUT2D eigenvalue weighted by Gasteiger charge is -2.36. The van der Waals surface area contributed by atoms with Crippen molar-refractivity contribution in [2.45, 2.75) is 33.2 Å². The summed E-state index contributed by atoms with van der Waals surface area (Å²) in [5.74, 6) is 1.95. The second kappa shape index (κ2) is 4.24. The maximum atomic E-state index is 9.12. The molecule has 1 aliphatic heterocycles. The molecule has 0 saturated carbocycles. The molecule has 3 unspecified atom stereocenters. The van der Waals surface area contributed by atoms with Gasteiger partial charge in [0, 0.05) is 12.6 Å². The summed E-state index contributed by atoms with van der Waals surface area (Å²) in [6.07, 6.45) is 1.18. The van der Waals surface area contributed by atoms with Crippen LogP contribution >= 0.6 is 0 Å². The van der Waals surface area contributed by atoms with Crippen LogP contribution < -0.4 is 5.32 Å². The van der Waals surface area contributed by atoms with E-state index < -0.39 is 0 Å². The second-order valence-electron chi connectivity index (χ2n) is 4.38. The van der Waals surface area contributed by atoms with Crippen LogP contribution in [0.4, 0.5) is 0 Å². The van der Waals surface area contributed by atoms with Gasteiger partial charge in [-0.05, 0) is 37.6 Å². The van der Waals surface area contributed by atoms with Crippen LogP contribution in [0, 0.1) is 17.8 Å². The minimum atomic E-state index is 0.331. The first-order valence-electron chi connectivity index (χ1n) is 4.99. The predicted octanol–water partition coefficient (Wildman–Crippen LogP) is 1.25. The fourth-order valence-electron chi connectivity index (χ4n) is 1.92. The van der Waals surface area contributed by atoms with Gasteiger partial charge in [0.15, 0.2) is 0 Å². The molecule has 0 aliphatic carbocycles. The highest BCUT2D eigenvalue weighted by Crippen LogP contribution is 2.25. The molecule has 12 heavy (non-hydrogen) atoms. The predicted molar refractivity (Wildman–Crippen MR) is 51.0 cm³/mol. The molecule has 1 heterocycles. The van der Waals surface area contributed by atoms with Gasteiger partial charge >= 0.3 is 0 Å². The number of rotatable bonds is 2. The summed E-state index contributed by atoms with van der Waals surface area (Å²) in [7, 11) is 0. The summed E-state index contributed by atoms with van der Waals surface area (Å²) in [5, 5.41) is 12.6. The largest absolute Gasteiger partial charge is 0.396 e. The minimum absolute atomic E-state index is 0.331. The molecular formula is C10H21NO. The molecule has 2 N–H and O–H groups in total. The van der Waals surface area contributed by atoms with Crippen molar-refractivity contribution in [3.8, 4) is 0 Å². The maximum Gasteiger partial charge on any atom is 0.0474 e. The Morgan fingerprint density at radius 1 is 1.50 bits per heavy atom. The normalized spacial score (nSPS) is 37.2. The van der Waals surface area contributed by atoms with E-state index in [1.165, 1.54) is 6.42 Å². The van der Waals surface area contributed by atoms with E-state index in [4.69, 9.17) is 5.11 Å². The van der Waals surface area contributed by atoms with Gasteiger partial charge in [-0.15, -0.1) is 0 Å². The minimum Gasteiger partial charge on any atom is -0.396 e. The topological polar surface area (TPSA) is 32.3 Å². The first kappa shape index (κ1) is 10.0. The summed E-state index contributed by atoms with van der Waals surface area (Å²) in [6.45, 7) is 8.14. The number of piperidine rings is 1. The first-order chi connectivity index (χ1) is 5.65. The molecular weight excluding hydrogens is 150 g/mol. The van der Waals surface area contributed by atoms with Gasteiger partial charge < -0.3 is 10.4 Å². The Morgan fingerprint density at radius 3 is 2.67 bits per heavy atom. The van der Waals surface area contributed by atoms with Gasteiger partial charge in [-0.3, -0.25) is 0 Å². The molecule has 0 amide bonds. The highest BCUT2D eigenvalue weighted by Gasteiger charge is 2.27. The molecule has 3 atom stereocenters. The number of aliphatic hydroxyl groups excluding tert-OH is 1. The van der Waals surface area contributed by atoms with Gasteiger partial charge in [0.1, 0.15) is 0 Å². The van der Waals surface area contributed by atoms with Crippen molar-refractivity contribution >= 4 is 0 Å². The molecule has 1 saturated heterocycles. The summed E-state index contributed by atoms with van der Waals surface area (Å²) in [4.78, 5) is 0. The molecule has 1 aliphatic rings. The third-order valence-electron chi connectivity index (χ3n) is 3.19. The third kappa shape index (κ3) is 2.20. The Labute approximate surface area is 75.4 Å². The lowest BCUT2D eigenvalue weighted by Crippen LogP contribution is -2.46. The molecule has 72 valence electrons. The molecule has 2 heteroatoms. The quantitative estimate of drug-likeness (QED) is 0.655. The Kier molecular flexibility index (Phi) is 3.53. The first-order valence-corrected chi connectivity index (χ1v) is 4.99. The molecule has 0 aromatic heterocycles. The fraction of sp³-hybridized carbons (Fsp3) is 1.00. The monoisotopic (exact) mass is 171 g/mol. The van der Waals surface area contributed by atoms with Crippen LogP contribution in [0.15, 0.2) is 0 Å². The lowest BCUT2D eigenvalue weighted by atomic mass is 9.80. The van der Waals surface area contributed by atoms with Crippen LogP contribution in [0.5, 0.6) is 0 Å². The van der Waals surface area contributed by atoms with Gasteiger partial charge in [0.05, 0.1) is 0 Å². The van der Waals surface area contributed by atoms with E-state index in [2.05, 4.69) is 26.1 Å². The molecule has 0 bridgehead atoms. The molecule has 0 aromatic rings. The van der Waals surface area contributed by atoms with Crippen LogP contribution in [0.2, 0.25) is 0 Å². The van der Waals surface area contributed by atoms with Crippen molar-refractivity contribution in [1.82, 2.24) is 5.32 Å². The second-order valence-corrected chi connectivity index (χ2v) is 4.38. The van der Waals surface area contributed by atoms with Crippen molar-refractivity contribution in [3.05, 3.63) is 0 Å². The van der Waals surface area contributed by atoms with Gasteiger partial charge in [-0.2, -0.15) is 0 Å². The summed E-state index contributed by atoms with van der Waals surface area (Å²) in [6, 6.07) is 0.491. The van der Waals surface area contributed by atoms with Crippen molar-refractivity contribution < 1.29 is 5.11 Å². The van der Waals surface area contributed by atoms with Gasteiger partial charge in [0.25, 0.3) is 0 Å². The third-order valence-corrected chi connectivity index (χ3v) is 3.19. The summed E-state index contributed by atoms with van der Waals surface area (Å²) < 4.78 is 0. The zero-order valence-electron chi connectivity index (χ0n) is 8.38. The van der Waals surface area contributed by atoms with Gasteiger partial charge in [0.2, 0.25) is 0 Å². The van der Waals surface area contributed by atoms with E-state index in [1.807, 2.05) is 0 Å². The van der Waals surface area contributed by atoms with Crippen molar-refractivity contribution in [1.29, 1.82) is 0 Å². The SMILES string of the molecule is CC(C)C1CNC(C)C(CO)C1. The zero-order valence-corrected chi connectivity index (χ0v) is 8.38. The zero-order chi connectivity index (χ0) is 9.14. The number of hydrogen-bond acceptors (Lipinski definition) is 2. The highest BCUT2D eigenvalue weighted by atomic mass is 16.3. The average Bonchev–Trinajstić information content (AvgIpc) is 2.05. The Morgan fingerprint density at radius 2 is 2.17 bits per heavy atom. The molecule has 2 nitrogen and oxygen atoms in total. The van der Waals surface area contributed by atoms with Crippen LogP contribution in [-0.4, -0.2) is 24.3 Å². The van der Waals surface area contributed by atoms with E-state index >= 15 is 0 Å². The van der Waals surface area contributed by atoms with Crippen molar-refractivity contribution in [2.24, 2.45) is 17.8 Å². The number of hydrogen-bond donors (Lipinski definition) is 2. The molecule has 1 fully saturated rings. The van der Waals surface area contributed by atoms with Crippen molar-refractivity contribution in [3.63, 3.8) is 0 Å². The molecule has 1 rings (SSSR count). The van der Waals surface area contributed by atoms with E-state index in [9.17, 15) is 0 Å². The van der Waals surface area contributed by atoms with E-state index in [1.54, 1.807) is 0 Å². The Balaban J connectivity index is 2.44. The van der Waals surface area contributed by atoms with Crippen LogP contribution in [0.3, 0.4) is 0 Å². The smallest absolute Gasteiger partial charge is 0.0474 e. The van der Waals surface area contributed by atoms with Crippen LogP contribution in [-0.2, 0) is 0 Å². The van der Waals surface area contributed by atoms with E-state index in [0.29, 0.717) is 18.6 Å². The molecule has 0 spiro atoms. The van der Waals surface area contributed by atoms with Crippen LogP contribution in [0.1, 0.15) is 27.2 Å². The van der Waals surface area contributed by atoms with E-state index in [0.717, 1.165) is 18.4 Å². The summed E-state index contributed by atoms with van der Waals surface area (Å²) in [5.41, 5.74) is 0. The van der Waals surface area contributed by atoms with Crippen molar-refractivity contribution in [2.75, 3.05) is 13.2 Å².